The topological polar surface area (TPSA) is 24.9 Å². The fraction of sp³-hybridized carbons (Fsp3) is 0.0833. The van der Waals surface area contributed by atoms with Crippen molar-refractivity contribution in [3.63, 3.8) is 0 Å². The number of pyridine rings is 1. The molecule has 17 heavy (non-hydrogen) atoms. The van der Waals surface area contributed by atoms with Gasteiger partial charge in [0.2, 0.25) is 0 Å². The van der Waals surface area contributed by atoms with Crippen LogP contribution in [0, 0.1) is 0 Å². The molecular formula is C12H9Cl3N2. The number of anilines is 1. The first kappa shape index (κ1) is 12.5. The Kier molecular flexibility index (Phi) is 4.11. The Hall–Kier alpha value is -0.960. The van der Waals surface area contributed by atoms with Crippen molar-refractivity contribution >= 4 is 40.5 Å². The molecular weight excluding hydrogens is 279 g/mol. The van der Waals surface area contributed by atoms with Gasteiger partial charge in [-0.2, -0.15) is 0 Å². The van der Waals surface area contributed by atoms with Crippen LogP contribution in [0.5, 0.6) is 0 Å². The zero-order chi connectivity index (χ0) is 12.3. The van der Waals surface area contributed by atoms with Crippen LogP contribution in [0.15, 0.2) is 36.5 Å². The van der Waals surface area contributed by atoms with E-state index < -0.39 is 0 Å². The van der Waals surface area contributed by atoms with Crippen LogP contribution in [0.3, 0.4) is 0 Å². The van der Waals surface area contributed by atoms with Crippen LogP contribution in [0.25, 0.3) is 0 Å². The van der Waals surface area contributed by atoms with Gasteiger partial charge < -0.3 is 5.32 Å². The van der Waals surface area contributed by atoms with Crippen molar-refractivity contribution in [2.45, 2.75) is 6.54 Å². The third kappa shape index (κ3) is 3.50. The van der Waals surface area contributed by atoms with Crippen LogP contribution in [0.1, 0.15) is 5.56 Å². The van der Waals surface area contributed by atoms with Gasteiger partial charge in [0.15, 0.2) is 0 Å². The SMILES string of the molecule is Clc1ccc(Cl)c(CNc2ccnc(Cl)c2)c1. The molecule has 5 heteroatoms. The van der Waals surface area contributed by atoms with Crippen molar-refractivity contribution in [2.75, 3.05) is 5.32 Å². The zero-order valence-corrected chi connectivity index (χ0v) is 11.0. The van der Waals surface area contributed by atoms with Gasteiger partial charge in [0.25, 0.3) is 0 Å². The van der Waals surface area contributed by atoms with Crippen LogP contribution in [0.4, 0.5) is 5.69 Å². The summed E-state index contributed by atoms with van der Waals surface area (Å²) in [6.07, 6.45) is 1.64. The molecule has 1 heterocycles. The second kappa shape index (κ2) is 5.58. The standard InChI is InChI=1S/C12H9Cl3N2/c13-9-1-2-11(14)8(5-9)7-17-10-3-4-16-12(15)6-10/h1-6H,7H2,(H,16,17). The number of nitrogens with one attached hydrogen (secondary N) is 1. The molecule has 0 aliphatic heterocycles. The highest BCUT2D eigenvalue weighted by Gasteiger charge is 2.01. The van der Waals surface area contributed by atoms with Crippen LogP contribution in [0.2, 0.25) is 15.2 Å². The molecule has 1 N–H and O–H groups in total. The van der Waals surface area contributed by atoms with E-state index in [1.165, 1.54) is 0 Å². The van der Waals surface area contributed by atoms with Crippen molar-refractivity contribution < 1.29 is 0 Å². The number of benzene rings is 1. The zero-order valence-electron chi connectivity index (χ0n) is 8.75. The van der Waals surface area contributed by atoms with Gasteiger partial charge in [-0.15, -0.1) is 0 Å². The van der Waals surface area contributed by atoms with Crippen LogP contribution in [-0.4, -0.2) is 4.98 Å². The Balaban J connectivity index is 2.09. The minimum atomic E-state index is 0.451. The molecule has 0 aliphatic carbocycles. The van der Waals surface area contributed by atoms with Crippen molar-refractivity contribution in [1.29, 1.82) is 0 Å². The Morgan fingerprint density at radius 2 is 1.88 bits per heavy atom. The van der Waals surface area contributed by atoms with E-state index in [0.717, 1.165) is 11.3 Å². The second-order valence-electron chi connectivity index (χ2n) is 3.46. The molecule has 2 rings (SSSR count). The van der Waals surface area contributed by atoms with Gasteiger partial charge in [0, 0.05) is 28.5 Å². The Labute approximate surface area is 115 Å². The number of nitrogens with zero attached hydrogens (tertiary/aromatic N) is 1. The Morgan fingerprint density at radius 1 is 1.06 bits per heavy atom. The van der Waals surface area contributed by atoms with E-state index in [9.17, 15) is 0 Å². The lowest BCUT2D eigenvalue weighted by molar-refractivity contribution is 1.14. The number of halogens is 3. The van der Waals surface area contributed by atoms with Gasteiger partial charge in [-0.1, -0.05) is 34.8 Å². The first-order valence-electron chi connectivity index (χ1n) is 4.94. The molecule has 88 valence electrons. The van der Waals surface area contributed by atoms with E-state index in [2.05, 4.69) is 10.3 Å². The lowest BCUT2D eigenvalue weighted by Gasteiger charge is -2.08. The largest absolute Gasteiger partial charge is 0.381 e. The molecule has 0 spiro atoms. The molecule has 0 saturated carbocycles. The molecule has 1 aromatic heterocycles. The van der Waals surface area contributed by atoms with Crippen LogP contribution in [-0.2, 0) is 6.54 Å². The second-order valence-corrected chi connectivity index (χ2v) is 4.69. The molecule has 0 radical (unpaired) electrons. The van der Waals surface area contributed by atoms with Crippen molar-refractivity contribution in [3.05, 3.63) is 57.3 Å². The molecule has 0 amide bonds. The molecule has 2 aromatic rings. The highest BCUT2D eigenvalue weighted by molar-refractivity contribution is 6.33. The third-order valence-electron chi connectivity index (χ3n) is 2.22. The first-order chi connectivity index (χ1) is 8.15. The highest BCUT2D eigenvalue weighted by Crippen LogP contribution is 2.22. The molecule has 2 nitrogen and oxygen atoms in total. The van der Waals surface area contributed by atoms with E-state index in [-0.39, 0.29) is 0 Å². The summed E-state index contributed by atoms with van der Waals surface area (Å²) in [5, 5.41) is 5.00. The van der Waals surface area contributed by atoms with Gasteiger partial charge in [0.1, 0.15) is 5.15 Å². The van der Waals surface area contributed by atoms with Gasteiger partial charge in [-0.05, 0) is 35.9 Å². The summed E-state index contributed by atoms with van der Waals surface area (Å²) in [4.78, 5) is 3.90. The fourth-order valence-electron chi connectivity index (χ4n) is 1.39. The summed E-state index contributed by atoms with van der Waals surface area (Å²) in [5.74, 6) is 0. The van der Waals surface area contributed by atoms with E-state index in [0.29, 0.717) is 21.7 Å². The molecule has 0 unspecified atom stereocenters. The lowest BCUT2D eigenvalue weighted by Crippen LogP contribution is -2.00. The molecule has 0 saturated heterocycles. The monoisotopic (exact) mass is 286 g/mol. The molecule has 0 fully saturated rings. The molecule has 0 atom stereocenters. The average molecular weight is 288 g/mol. The van der Waals surface area contributed by atoms with Crippen LogP contribution < -0.4 is 5.32 Å². The maximum atomic E-state index is 6.06. The molecule has 0 aliphatic rings. The Morgan fingerprint density at radius 3 is 2.65 bits per heavy atom. The summed E-state index contributed by atoms with van der Waals surface area (Å²) >= 11 is 17.7. The average Bonchev–Trinajstić information content (AvgIpc) is 2.30. The minimum absolute atomic E-state index is 0.451. The minimum Gasteiger partial charge on any atom is -0.381 e. The number of rotatable bonds is 3. The summed E-state index contributed by atoms with van der Waals surface area (Å²) in [6, 6.07) is 8.96. The van der Waals surface area contributed by atoms with Gasteiger partial charge in [0.05, 0.1) is 0 Å². The smallest absolute Gasteiger partial charge is 0.131 e. The summed E-state index contributed by atoms with van der Waals surface area (Å²) in [6.45, 7) is 0.583. The summed E-state index contributed by atoms with van der Waals surface area (Å²) in [5.41, 5.74) is 1.83. The van der Waals surface area contributed by atoms with E-state index in [4.69, 9.17) is 34.8 Å². The number of aromatic nitrogens is 1. The Bertz CT molecular complexity index is 529. The van der Waals surface area contributed by atoms with Crippen LogP contribution >= 0.6 is 34.8 Å². The van der Waals surface area contributed by atoms with Gasteiger partial charge in [-0.25, -0.2) is 4.98 Å². The van der Waals surface area contributed by atoms with Crippen molar-refractivity contribution in [2.24, 2.45) is 0 Å². The fourth-order valence-corrected chi connectivity index (χ4v) is 1.94. The third-order valence-corrected chi connectivity index (χ3v) is 3.03. The molecule has 1 aromatic carbocycles. The number of hydrogen-bond acceptors (Lipinski definition) is 2. The maximum Gasteiger partial charge on any atom is 0.131 e. The highest BCUT2D eigenvalue weighted by atomic mass is 35.5. The summed E-state index contributed by atoms with van der Waals surface area (Å²) < 4.78 is 0. The van der Waals surface area contributed by atoms with Crippen molar-refractivity contribution in [1.82, 2.24) is 4.98 Å². The lowest BCUT2D eigenvalue weighted by atomic mass is 10.2. The summed E-state index contributed by atoms with van der Waals surface area (Å²) in [7, 11) is 0. The quantitative estimate of drug-likeness (QED) is 0.831. The predicted molar refractivity (Wildman–Crippen MR) is 73.0 cm³/mol. The van der Waals surface area contributed by atoms with E-state index >= 15 is 0 Å². The van der Waals surface area contributed by atoms with Gasteiger partial charge in [-0.3, -0.25) is 0 Å². The first-order valence-corrected chi connectivity index (χ1v) is 6.08. The van der Waals surface area contributed by atoms with E-state index in [1.807, 2.05) is 12.1 Å². The maximum absolute atomic E-state index is 6.06. The van der Waals surface area contributed by atoms with Gasteiger partial charge >= 0.3 is 0 Å². The predicted octanol–water partition coefficient (Wildman–Crippen LogP) is 4.65. The normalized spacial score (nSPS) is 10.3. The van der Waals surface area contributed by atoms with Crippen molar-refractivity contribution in [3.8, 4) is 0 Å². The number of hydrogen-bond donors (Lipinski definition) is 1. The molecule has 0 bridgehead atoms. The van der Waals surface area contributed by atoms with E-state index in [1.54, 1.807) is 24.4 Å².